The monoisotopic (exact) mass is 251 g/mol. The van der Waals surface area contributed by atoms with E-state index in [9.17, 15) is 15.0 Å². The molecule has 4 nitrogen and oxygen atoms in total. The average Bonchev–Trinajstić information content (AvgIpc) is 2.27. The number of nitrogens with zero attached hydrogens (tertiary/aromatic N) is 1. The highest BCUT2D eigenvalue weighted by molar-refractivity contribution is 5.97. The molecule has 0 aromatic heterocycles. The fraction of sp³-hybridized carbons (Fsp3) is 0.500. The molecule has 1 amide bonds. The summed E-state index contributed by atoms with van der Waals surface area (Å²) in [6.45, 7) is 7.73. The maximum Gasteiger partial charge on any atom is 0.257 e. The van der Waals surface area contributed by atoms with E-state index < -0.39 is 5.60 Å². The number of likely N-dealkylation sites (N-methyl/N-ethyl adjacent to an activating group) is 1. The van der Waals surface area contributed by atoms with Gasteiger partial charge >= 0.3 is 0 Å². The summed E-state index contributed by atoms with van der Waals surface area (Å²) < 4.78 is 0. The number of carbonyl (C=O) groups is 1. The second kappa shape index (κ2) is 5.40. The Bertz CT molecular complexity index is 435. The van der Waals surface area contributed by atoms with E-state index in [2.05, 4.69) is 0 Å². The van der Waals surface area contributed by atoms with E-state index in [-0.39, 0.29) is 23.8 Å². The highest BCUT2D eigenvalue weighted by atomic mass is 16.3. The van der Waals surface area contributed by atoms with Gasteiger partial charge < -0.3 is 15.1 Å². The molecule has 0 unspecified atom stereocenters. The van der Waals surface area contributed by atoms with E-state index in [1.807, 2.05) is 13.8 Å². The average molecular weight is 251 g/mol. The molecule has 1 aromatic carbocycles. The molecule has 0 atom stereocenters. The van der Waals surface area contributed by atoms with Crippen molar-refractivity contribution in [2.45, 2.75) is 33.3 Å². The molecule has 0 spiro atoms. The number of hydrogen-bond acceptors (Lipinski definition) is 3. The largest absolute Gasteiger partial charge is 0.507 e. The Labute approximate surface area is 108 Å². The zero-order chi connectivity index (χ0) is 13.9. The summed E-state index contributed by atoms with van der Waals surface area (Å²) in [6, 6.07) is 4.92. The Morgan fingerprint density at radius 3 is 2.50 bits per heavy atom. The molecule has 1 aromatic rings. The number of benzene rings is 1. The van der Waals surface area contributed by atoms with Gasteiger partial charge in [-0.25, -0.2) is 0 Å². The van der Waals surface area contributed by atoms with Crippen LogP contribution in [0.5, 0.6) is 5.75 Å². The first-order chi connectivity index (χ1) is 8.24. The highest BCUT2D eigenvalue weighted by Gasteiger charge is 2.23. The van der Waals surface area contributed by atoms with Gasteiger partial charge in [0.15, 0.2) is 0 Å². The van der Waals surface area contributed by atoms with E-state index >= 15 is 0 Å². The lowest BCUT2D eigenvalue weighted by molar-refractivity contribution is 0.0313. The van der Waals surface area contributed by atoms with Crippen LogP contribution in [0.3, 0.4) is 0 Å². The zero-order valence-electron chi connectivity index (χ0n) is 11.4. The SMILES string of the molecule is CCN(CC(C)(C)O)C(=O)c1cc(C)ccc1O. The molecule has 0 saturated carbocycles. The normalized spacial score (nSPS) is 11.4. The molecule has 2 N–H and O–H groups in total. The van der Waals surface area contributed by atoms with Crippen LogP contribution < -0.4 is 0 Å². The summed E-state index contributed by atoms with van der Waals surface area (Å²) in [6.07, 6.45) is 0. The molecule has 4 heteroatoms. The van der Waals surface area contributed by atoms with E-state index in [0.717, 1.165) is 5.56 Å². The predicted octanol–water partition coefficient (Wildman–Crippen LogP) is 1.93. The first kappa shape index (κ1) is 14.5. The van der Waals surface area contributed by atoms with Crippen molar-refractivity contribution in [3.8, 4) is 5.75 Å². The second-order valence-corrected chi connectivity index (χ2v) is 5.15. The lowest BCUT2D eigenvalue weighted by Crippen LogP contribution is -2.42. The quantitative estimate of drug-likeness (QED) is 0.859. The number of phenols is 1. The molecule has 0 aliphatic rings. The van der Waals surface area contributed by atoms with E-state index in [4.69, 9.17) is 0 Å². The summed E-state index contributed by atoms with van der Waals surface area (Å²) in [5.74, 6) is -0.291. The van der Waals surface area contributed by atoms with Gasteiger partial charge in [0.1, 0.15) is 5.75 Å². The van der Waals surface area contributed by atoms with Gasteiger partial charge in [0.25, 0.3) is 5.91 Å². The van der Waals surface area contributed by atoms with Crippen molar-refractivity contribution in [1.29, 1.82) is 0 Å². The summed E-state index contributed by atoms with van der Waals surface area (Å²) in [7, 11) is 0. The molecule has 0 fully saturated rings. The molecule has 0 heterocycles. The Kier molecular flexibility index (Phi) is 4.35. The molecule has 0 aliphatic carbocycles. The second-order valence-electron chi connectivity index (χ2n) is 5.15. The van der Waals surface area contributed by atoms with E-state index in [0.29, 0.717) is 6.54 Å². The zero-order valence-corrected chi connectivity index (χ0v) is 11.4. The fourth-order valence-electron chi connectivity index (χ4n) is 1.79. The topological polar surface area (TPSA) is 60.8 Å². The van der Waals surface area contributed by atoms with Crippen molar-refractivity contribution >= 4 is 5.91 Å². The fourth-order valence-corrected chi connectivity index (χ4v) is 1.79. The van der Waals surface area contributed by atoms with Crippen molar-refractivity contribution in [1.82, 2.24) is 4.90 Å². The third-order valence-electron chi connectivity index (χ3n) is 2.63. The first-order valence-electron chi connectivity index (χ1n) is 6.06. The van der Waals surface area contributed by atoms with Crippen molar-refractivity contribution in [2.75, 3.05) is 13.1 Å². The lowest BCUT2D eigenvalue weighted by Gasteiger charge is -2.28. The molecule has 1 rings (SSSR count). The van der Waals surface area contributed by atoms with E-state index in [1.54, 1.807) is 26.0 Å². The molecule has 0 saturated heterocycles. The Morgan fingerprint density at radius 2 is 2.00 bits per heavy atom. The lowest BCUT2D eigenvalue weighted by atomic mass is 10.1. The smallest absolute Gasteiger partial charge is 0.257 e. The van der Waals surface area contributed by atoms with Crippen LogP contribution in [-0.2, 0) is 0 Å². The Balaban J connectivity index is 3.00. The van der Waals surface area contributed by atoms with Gasteiger partial charge in [-0.15, -0.1) is 0 Å². The van der Waals surface area contributed by atoms with Gasteiger partial charge in [-0.3, -0.25) is 4.79 Å². The minimum absolute atomic E-state index is 0.0280. The molecule has 18 heavy (non-hydrogen) atoms. The van der Waals surface area contributed by atoms with Crippen molar-refractivity contribution in [2.24, 2.45) is 0 Å². The van der Waals surface area contributed by atoms with Crippen molar-refractivity contribution < 1.29 is 15.0 Å². The van der Waals surface area contributed by atoms with Crippen LogP contribution >= 0.6 is 0 Å². The van der Waals surface area contributed by atoms with E-state index in [1.165, 1.54) is 11.0 Å². The minimum atomic E-state index is -0.953. The van der Waals surface area contributed by atoms with Crippen LogP contribution in [0.1, 0.15) is 36.7 Å². The van der Waals surface area contributed by atoms with Crippen LogP contribution in [0.2, 0.25) is 0 Å². The third kappa shape index (κ3) is 3.74. The number of rotatable bonds is 4. The number of hydrogen-bond donors (Lipinski definition) is 2. The van der Waals surface area contributed by atoms with Gasteiger partial charge in [-0.05, 0) is 39.8 Å². The first-order valence-corrected chi connectivity index (χ1v) is 6.06. The molecule has 0 aliphatic heterocycles. The van der Waals surface area contributed by atoms with Crippen molar-refractivity contribution in [3.63, 3.8) is 0 Å². The summed E-state index contributed by atoms with van der Waals surface area (Å²) in [4.78, 5) is 13.8. The standard InChI is InChI=1S/C14H21NO3/c1-5-15(9-14(3,4)18)13(17)11-8-10(2)6-7-12(11)16/h6-8,16,18H,5,9H2,1-4H3. The van der Waals surface area contributed by atoms with Crippen LogP contribution in [-0.4, -0.2) is 39.7 Å². The maximum atomic E-state index is 12.3. The van der Waals surface area contributed by atoms with Gasteiger partial charge in [0, 0.05) is 13.1 Å². The highest BCUT2D eigenvalue weighted by Crippen LogP contribution is 2.21. The van der Waals surface area contributed by atoms with Gasteiger partial charge in [-0.1, -0.05) is 11.6 Å². The number of amides is 1. The molecular formula is C14H21NO3. The summed E-state index contributed by atoms with van der Waals surface area (Å²) in [5, 5.41) is 19.5. The number of phenolic OH excluding ortho intramolecular Hbond substituents is 1. The number of aryl methyl sites for hydroxylation is 1. The molecule has 0 radical (unpaired) electrons. The number of aliphatic hydroxyl groups is 1. The van der Waals surface area contributed by atoms with Gasteiger partial charge in [0.2, 0.25) is 0 Å². The predicted molar refractivity (Wildman–Crippen MR) is 70.7 cm³/mol. The molecule has 100 valence electrons. The number of carbonyl (C=O) groups excluding carboxylic acids is 1. The summed E-state index contributed by atoms with van der Waals surface area (Å²) in [5.41, 5.74) is 0.238. The Hall–Kier alpha value is -1.55. The number of aromatic hydroxyl groups is 1. The van der Waals surface area contributed by atoms with Crippen molar-refractivity contribution in [3.05, 3.63) is 29.3 Å². The molecular weight excluding hydrogens is 230 g/mol. The van der Waals surface area contributed by atoms with Crippen LogP contribution in [0.15, 0.2) is 18.2 Å². The molecule has 0 bridgehead atoms. The maximum absolute atomic E-state index is 12.3. The van der Waals surface area contributed by atoms with Crippen LogP contribution in [0.25, 0.3) is 0 Å². The van der Waals surface area contributed by atoms with Gasteiger partial charge in [0.05, 0.1) is 11.2 Å². The van der Waals surface area contributed by atoms with Gasteiger partial charge in [-0.2, -0.15) is 0 Å². The van der Waals surface area contributed by atoms with Crippen LogP contribution in [0, 0.1) is 6.92 Å². The van der Waals surface area contributed by atoms with Crippen LogP contribution in [0.4, 0.5) is 0 Å². The Morgan fingerprint density at radius 1 is 1.39 bits per heavy atom. The summed E-state index contributed by atoms with van der Waals surface area (Å²) >= 11 is 0. The minimum Gasteiger partial charge on any atom is -0.507 e. The third-order valence-corrected chi connectivity index (χ3v) is 2.63.